The van der Waals surface area contributed by atoms with Crippen LogP contribution in [0.5, 0.6) is 11.5 Å². The molecule has 0 bridgehead atoms. The molecule has 0 fully saturated rings. The minimum absolute atomic E-state index is 0.0296. The number of halogens is 1. The molecule has 0 unspecified atom stereocenters. The van der Waals surface area contributed by atoms with E-state index < -0.39 is 15.7 Å². The Labute approximate surface area is 218 Å². The molecule has 0 aliphatic heterocycles. The second-order valence-corrected chi connectivity index (χ2v) is 10.9. The molecule has 9 nitrogen and oxygen atoms in total. The number of carbonyl (C=O) groups is 1. The molecular formula is C24H23ClN4O5S2. The molecule has 1 aromatic heterocycles. The highest BCUT2D eigenvalue weighted by Crippen LogP contribution is 2.27. The maximum atomic E-state index is 12.5. The smallest absolute Gasteiger partial charge is 0.268 e. The van der Waals surface area contributed by atoms with Crippen molar-refractivity contribution in [3.8, 4) is 17.6 Å². The summed E-state index contributed by atoms with van der Waals surface area (Å²) in [5.74, 6) is 0.304. The molecule has 0 radical (unpaired) electrons. The topological polar surface area (TPSA) is 131 Å². The molecule has 0 atom stereocenters. The van der Waals surface area contributed by atoms with Crippen molar-refractivity contribution >= 4 is 50.1 Å². The zero-order chi connectivity index (χ0) is 26.3. The number of hydrogen-bond donors (Lipinski definition) is 1. The number of ether oxygens (including phenoxy) is 2. The third kappa shape index (κ3) is 7.04. The molecule has 2 aromatic carbocycles. The minimum Gasteiger partial charge on any atom is -0.490 e. The fourth-order valence-electron chi connectivity index (χ4n) is 2.89. The number of benzene rings is 2. The highest BCUT2D eigenvalue weighted by molar-refractivity contribution is 7.91. The van der Waals surface area contributed by atoms with Crippen molar-refractivity contribution in [1.29, 1.82) is 5.26 Å². The van der Waals surface area contributed by atoms with Crippen molar-refractivity contribution in [3.63, 3.8) is 0 Å². The minimum atomic E-state index is -3.60. The fourth-order valence-corrected chi connectivity index (χ4v) is 4.71. The van der Waals surface area contributed by atoms with Gasteiger partial charge in [0.2, 0.25) is 15.0 Å². The van der Waals surface area contributed by atoms with Crippen LogP contribution in [0.25, 0.3) is 6.08 Å². The number of amides is 1. The van der Waals surface area contributed by atoms with E-state index in [1.54, 1.807) is 18.2 Å². The molecule has 1 N–H and O–H groups in total. The van der Waals surface area contributed by atoms with Crippen LogP contribution in [0.1, 0.15) is 23.6 Å². The van der Waals surface area contributed by atoms with Gasteiger partial charge < -0.3 is 9.47 Å². The Bertz CT molecular complexity index is 1440. The maximum absolute atomic E-state index is 12.5. The van der Waals surface area contributed by atoms with Crippen LogP contribution in [0.15, 0.2) is 47.1 Å². The molecule has 36 heavy (non-hydrogen) atoms. The van der Waals surface area contributed by atoms with Crippen molar-refractivity contribution < 1.29 is 22.7 Å². The third-order valence-corrected chi connectivity index (χ3v) is 7.40. The van der Waals surface area contributed by atoms with Gasteiger partial charge in [0, 0.05) is 11.5 Å². The van der Waals surface area contributed by atoms with Crippen LogP contribution in [0, 0.1) is 25.2 Å². The summed E-state index contributed by atoms with van der Waals surface area (Å²) >= 11 is 7.03. The van der Waals surface area contributed by atoms with Crippen LogP contribution >= 0.6 is 23.1 Å². The Morgan fingerprint density at radius 2 is 1.89 bits per heavy atom. The van der Waals surface area contributed by atoms with Crippen LogP contribution < -0.4 is 14.8 Å². The summed E-state index contributed by atoms with van der Waals surface area (Å²) in [6.07, 6.45) is 1.35. The fraction of sp³-hybridized carbons (Fsp3) is 0.250. The summed E-state index contributed by atoms with van der Waals surface area (Å²) in [4.78, 5) is 16.3. The first-order valence-electron chi connectivity index (χ1n) is 10.7. The monoisotopic (exact) mass is 546 g/mol. The van der Waals surface area contributed by atoms with E-state index in [0.717, 1.165) is 16.9 Å². The van der Waals surface area contributed by atoms with Gasteiger partial charge >= 0.3 is 0 Å². The predicted molar refractivity (Wildman–Crippen MR) is 138 cm³/mol. The van der Waals surface area contributed by atoms with Gasteiger partial charge in [0.15, 0.2) is 0 Å². The Morgan fingerprint density at radius 1 is 1.17 bits per heavy atom. The molecule has 0 saturated carbocycles. The summed E-state index contributed by atoms with van der Waals surface area (Å²) < 4.78 is 38.9. The van der Waals surface area contributed by atoms with Crippen molar-refractivity contribution in [1.82, 2.24) is 9.36 Å². The zero-order valence-corrected chi connectivity index (χ0v) is 22.1. The van der Waals surface area contributed by atoms with E-state index in [2.05, 4.69) is 14.7 Å². The number of rotatable bonds is 10. The molecule has 188 valence electrons. The number of nitriles is 1. The molecule has 3 aromatic rings. The number of carbonyl (C=O) groups excluding carboxylic acids is 1. The lowest BCUT2D eigenvalue weighted by molar-refractivity contribution is -0.112. The average Bonchev–Trinajstić information content (AvgIpc) is 3.32. The summed E-state index contributed by atoms with van der Waals surface area (Å²) in [5.41, 5.74) is 2.41. The van der Waals surface area contributed by atoms with Gasteiger partial charge in [-0.1, -0.05) is 36.7 Å². The molecule has 1 amide bonds. The number of nitrogens with one attached hydrogen (secondary N) is 1. The first-order chi connectivity index (χ1) is 17.1. The molecule has 12 heteroatoms. The van der Waals surface area contributed by atoms with Crippen molar-refractivity contribution in [2.75, 3.05) is 24.3 Å². The van der Waals surface area contributed by atoms with Crippen molar-refractivity contribution in [3.05, 3.63) is 63.7 Å². The van der Waals surface area contributed by atoms with E-state index >= 15 is 0 Å². The maximum Gasteiger partial charge on any atom is 0.268 e. The van der Waals surface area contributed by atoms with Gasteiger partial charge in [0.05, 0.1) is 10.8 Å². The van der Waals surface area contributed by atoms with Gasteiger partial charge in [-0.2, -0.15) is 14.6 Å². The van der Waals surface area contributed by atoms with Crippen molar-refractivity contribution in [2.45, 2.75) is 25.9 Å². The summed E-state index contributed by atoms with van der Waals surface area (Å²) in [6.45, 7) is 6.02. The van der Waals surface area contributed by atoms with Gasteiger partial charge in [-0.3, -0.25) is 10.1 Å². The zero-order valence-electron chi connectivity index (χ0n) is 19.7. The van der Waals surface area contributed by atoms with E-state index in [1.807, 2.05) is 38.1 Å². The summed E-state index contributed by atoms with van der Waals surface area (Å²) in [5, 5.41) is 11.7. The van der Waals surface area contributed by atoms with E-state index in [-0.39, 0.29) is 28.2 Å². The molecule has 0 aliphatic rings. The van der Waals surface area contributed by atoms with Gasteiger partial charge in [0.1, 0.15) is 36.4 Å². The lowest BCUT2D eigenvalue weighted by atomic mass is 10.1. The Kier molecular flexibility index (Phi) is 9.03. The largest absolute Gasteiger partial charge is 0.490 e. The second-order valence-electron chi connectivity index (χ2n) is 7.57. The second kappa shape index (κ2) is 12.0. The van der Waals surface area contributed by atoms with Crippen LogP contribution in [0.4, 0.5) is 5.13 Å². The SMILES string of the molecule is CCS(=O)(=O)c1nsc(NC(=O)/C(C#N)=C\c2ccc(OCCOc3cc(C)ccc3C)c(Cl)c2)n1. The highest BCUT2D eigenvalue weighted by Gasteiger charge is 2.20. The van der Waals surface area contributed by atoms with Gasteiger partial charge in [-0.25, -0.2) is 8.42 Å². The lowest BCUT2D eigenvalue weighted by Crippen LogP contribution is -2.13. The number of aryl methyl sites for hydroxylation is 2. The Hall–Kier alpha value is -3.46. The number of aromatic nitrogens is 2. The standard InChI is InChI=1S/C24H23ClN4O5S2/c1-4-36(31,32)24-28-23(35-29-24)27-22(30)18(14-26)12-17-7-8-20(19(25)13-17)33-9-10-34-21-11-15(2)5-6-16(21)3/h5-8,11-13H,4,9-10H2,1-3H3,(H,27,28,29,30)/b18-12-. The van der Waals surface area contributed by atoms with Gasteiger partial charge in [-0.05, 0) is 54.8 Å². The highest BCUT2D eigenvalue weighted by atomic mass is 35.5. The number of sulfone groups is 1. The van der Waals surface area contributed by atoms with Crippen LogP contribution in [0.3, 0.4) is 0 Å². The molecule has 3 rings (SSSR count). The number of nitrogens with zero attached hydrogens (tertiary/aromatic N) is 3. The quantitative estimate of drug-likeness (QED) is 0.221. The normalized spacial score (nSPS) is 11.6. The summed E-state index contributed by atoms with van der Waals surface area (Å²) in [7, 11) is -3.60. The summed E-state index contributed by atoms with van der Waals surface area (Å²) in [6, 6.07) is 12.6. The van der Waals surface area contributed by atoms with Gasteiger partial charge in [0.25, 0.3) is 11.1 Å². The Balaban J connectivity index is 1.61. The first-order valence-corrected chi connectivity index (χ1v) is 13.6. The lowest BCUT2D eigenvalue weighted by Gasteiger charge is -2.12. The van der Waals surface area contributed by atoms with E-state index in [1.165, 1.54) is 13.0 Å². The third-order valence-electron chi connectivity index (χ3n) is 4.86. The van der Waals surface area contributed by atoms with Gasteiger partial charge in [-0.15, -0.1) is 0 Å². The average molecular weight is 547 g/mol. The molecule has 1 heterocycles. The predicted octanol–water partition coefficient (Wildman–Crippen LogP) is 4.61. The Morgan fingerprint density at radius 3 is 2.56 bits per heavy atom. The van der Waals surface area contributed by atoms with E-state index in [0.29, 0.717) is 34.5 Å². The van der Waals surface area contributed by atoms with E-state index in [4.69, 9.17) is 21.1 Å². The van der Waals surface area contributed by atoms with Crippen LogP contribution in [-0.2, 0) is 14.6 Å². The number of hydrogen-bond acceptors (Lipinski definition) is 9. The van der Waals surface area contributed by atoms with Crippen molar-refractivity contribution in [2.24, 2.45) is 0 Å². The number of anilines is 1. The van der Waals surface area contributed by atoms with Crippen LogP contribution in [-0.4, -0.2) is 42.6 Å². The van der Waals surface area contributed by atoms with Crippen LogP contribution in [0.2, 0.25) is 5.02 Å². The molecule has 0 saturated heterocycles. The molecule has 0 spiro atoms. The van der Waals surface area contributed by atoms with E-state index in [9.17, 15) is 18.5 Å². The molecule has 0 aliphatic carbocycles. The molecular weight excluding hydrogens is 524 g/mol. The first kappa shape index (κ1) is 27.1.